The van der Waals surface area contributed by atoms with Gasteiger partial charge in [0.25, 0.3) is 5.56 Å². The molecule has 220 valence electrons. The molecule has 4 heterocycles. The zero-order valence-corrected chi connectivity index (χ0v) is 24.0. The van der Waals surface area contributed by atoms with Crippen molar-refractivity contribution >= 4 is 27.8 Å². The lowest BCUT2D eigenvalue weighted by molar-refractivity contribution is -0.132. The molecule has 2 aromatic carbocycles. The highest BCUT2D eigenvalue weighted by atomic mass is 16.5. The van der Waals surface area contributed by atoms with Gasteiger partial charge in [-0.2, -0.15) is 0 Å². The van der Waals surface area contributed by atoms with Crippen LogP contribution < -0.4 is 15.7 Å². The average Bonchev–Trinajstić information content (AvgIpc) is 3.44. The quantitative estimate of drug-likeness (QED) is 0.257. The zero-order valence-electron chi connectivity index (χ0n) is 24.0. The third kappa shape index (κ3) is 6.21. The number of nitrogens with one attached hydrogen (secondary N) is 1. The van der Waals surface area contributed by atoms with Crippen LogP contribution in [0.2, 0.25) is 0 Å². The summed E-state index contributed by atoms with van der Waals surface area (Å²) in [6.45, 7) is 0.960. The van der Waals surface area contributed by atoms with Gasteiger partial charge in [0, 0.05) is 24.2 Å². The van der Waals surface area contributed by atoms with Crippen LogP contribution in [0.25, 0.3) is 21.9 Å². The summed E-state index contributed by atoms with van der Waals surface area (Å²) in [4.78, 5) is 53.5. The first kappa shape index (κ1) is 28.4. The molecule has 1 N–H and O–H groups in total. The number of rotatable bonds is 10. The number of ether oxygens (including phenoxy) is 1. The van der Waals surface area contributed by atoms with Gasteiger partial charge in [-0.25, -0.2) is 4.68 Å². The number of H-pyrrole nitrogens is 1. The monoisotopic (exact) mass is 587 g/mol. The molecule has 6 aromatic rings. The Hall–Kier alpha value is -5.71. The minimum absolute atomic E-state index is 0.0314. The van der Waals surface area contributed by atoms with Gasteiger partial charge in [0.15, 0.2) is 5.52 Å². The van der Waals surface area contributed by atoms with E-state index in [0.29, 0.717) is 36.2 Å². The number of hydrogen-bond acceptors (Lipinski definition) is 8. The molecule has 4 aromatic heterocycles. The van der Waals surface area contributed by atoms with E-state index < -0.39 is 5.56 Å². The molecule has 0 aliphatic carbocycles. The summed E-state index contributed by atoms with van der Waals surface area (Å²) in [5.41, 5.74) is 2.83. The molecule has 11 heteroatoms. The molecular weight excluding hydrogens is 558 g/mol. The Morgan fingerprint density at radius 1 is 0.886 bits per heavy atom. The molecule has 44 heavy (non-hydrogen) atoms. The Morgan fingerprint density at radius 2 is 1.57 bits per heavy atom. The number of fused-ring (bicyclic) bond motifs is 2. The lowest BCUT2D eigenvalue weighted by Gasteiger charge is -2.22. The Balaban J connectivity index is 1.25. The van der Waals surface area contributed by atoms with Gasteiger partial charge in [-0.15, -0.1) is 5.10 Å². The highest BCUT2D eigenvalue weighted by molar-refractivity contribution is 5.87. The molecule has 0 saturated heterocycles. The van der Waals surface area contributed by atoms with E-state index in [4.69, 9.17) is 4.74 Å². The number of aryl methyl sites for hydroxylation is 1. The number of aromatic nitrogens is 6. The van der Waals surface area contributed by atoms with Crippen LogP contribution in [0.1, 0.15) is 28.9 Å². The highest BCUT2D eigenvalue weighted by Crippen LogP contribution is 2.17. The third-order valence-electron chi connectivity index (χ3n) is 7.37. The van der Waals surface area contributed by atoms with Gasteiger partial charge >= 0.3 is 0 Å². The lowest BCUT2D eigenvalue weighted by atomic mass is 10.1. The summed E-state index contributed by atoms with van der Waals surface area (Å²) in [6.07, 6.45) is 4.04. The van der Waals surface area contributed by atoms with Crippen LogP contribution in [0.3, 0.4) is 0 Å². The molecule has 0 atom stereocenters. The summed E-state index contributed by atoms with van der Waals surface area (Å²) in [7, 11) is 1.59. The van der Waals surface area contributed by atoms with E-state index in [0.717, 1.165) is 22.5 Å². The summed E-state index contributed by atoms with van der Waals surface area (Å²) in [6, 6.07) is 23.8. The van der Waals surface area contributed by atoms with Gasteiger partial charge in [-0.3, -0.25) is 24.4 Å². The van der Waals surface area contributed by atoms with Crippen LogP contribution in [0.4, 0.5) is 0 Å². The van der Waals surface area contributed by atoms with Crippen molar-refractivity contribution in [3.05, 3.63) is 134 Å². The van der Waals surface area contributed by atoms with Crippen LogP contribution >= 0.6 is 0 Å². The second kappa shape index (κ2) is 12.7. The summed E-state index contributed by atoms with van der Waals surface area (Å²) >= 11 is 0. The number of aromatic amines is 1. The summed E-state index contributed by atoms with van der Waals surface area (Å²) in [5, 5.41) is 8.45. The number of nitrogens with zero attached hydrogens (tertiary/aromatic N) is 6. The maximum absolute atomic E-state index is 13.7. The largest absolute Gasteiger partial charge is 0.497 e. The molecule has 6 rings (SSSR count). The maximum atomic E-state index is 13.7. The van der Waals surface area contributed by atoms with Crippen LogP contribution in [0, 0.1) is 0 Å². The van der Waals surface area contributed by atoms with Crippen LogP contribution in [-0.2, 0) is 30.8 Å². The predicted molar refractivity (Wildman–Crippen MR) is 165 cm³/mol. The topological polar surface area (TPSA) is 136 Å². The molecule has 1 amide bonds. The van der Waals surface area contributed by atoms with E-state index in [-0.39, 0.29) is 35.3 Å². The zero-order chi connectivity index (χ0) is 30.5. The van der Waals surface area contributed by atoms with Crippen LogP contribution in [0.5, 0.6) is 5.75 Å². The van der Waals surface area contributed by atoms with Crippen molar-refractivity contribution in [2.45, 2.75) is 32.5 Å². The second-order valence-electron chi connectivity index (χ2n) is 10.3. The van der Waals surface area contributed by atoms with Crippen molar-refractivity contribution in [1.82, 2.24) is 34.8 Å². The first-order valence-corrected chi connectivity index (χ1v) is 14.1. The molecule has 0 saturated carbocycles. The van der Waals surface area contributed by atoms with Gasteiger partial charge in [-0.05, 0) is 66.1 Å². The average molecular weight is 588 g/mol. The fraction of sp³-hybridized carbons (Fsp3) is 0.182. The van der Waals surface area contributed by atoms with E-state index >= 15 is 0 Å². The van der Waals surface area contributed by atoms with E-state index in [1.165, 1.54) is 4.68 Å². The minimum atomic E-state index is -0.516. The number of carbonyl (C=O) groups excluding carboxylic acids is 1. The fourth-order valence-corrected chi connectivity index (χ4v) is 5.08. The molecule has 11 nitrogen and oxygen atoms in total. The number of carbonyl (C=O) groups is 1. The second-order valence-corrected chi connectivity index (χ2v) is 10.3. The number of benzene rings is 2. The third-order valence-corrected chi connectivity index (χ3v) is 7.37. The van der Waals surface area contributed by atoms with Gasteiger partial charge in [0.05, 0.1) is 43.6 Å². The first-order valence-electron chi connectivity index (χ1n) is 14.1. The Labute approximate surface area is 251 Å². The highest BCUT2D eigenvalue weighted by Gasteiger charge is 2.18. The van der Waals surface area contributed by atoms with Crippen molar-refractivity contribution in [1.29, 1.82) is 0 Å². The standard InChI is InChI=1S/C33H29N7O4/c1-44-26-12-8-23(9-13-26)19-40-31-30(37-38-40)33(43)36-28-18-22(10-14-27(28)32(31)42)11-15-29(41)39(20-24-6-2-4-16-34-24)21-25-7-3-5-17-35-25/h2-10,12-14,16-18H,11,15,19-21H2,1H3,(H,36,43). The molecule has 0 spiro atoms. The minimum Gasteiger partial charge on any atom is -0.497 e. The predicted octanol–water partition coefficient (Wildman–Crippen LogP) is 3.64. The van der Waals surface area contributed by atoms with Crippen LogP contribution in [-0.4, -0.2) is 47.9 Å². The number of pyridine rings is 2. The number of hydrogen-bond donors (Lipinski definition) is 1. The van der Waals surface area contributed by atoms with Crippen molar-refractivity contribution in [3.8, 4) is 5.75 Å². The van der Waals surface area contributed by atoms with Gasteiger partial charge in [0.2, 0.25) is 11.3 Å². The maximum Gasteiger partial charge on any atom is 0.278 e. The molecule has 0 aliphatic rings. The summed E-state index contributed by atoms with van der Waals surface area (Å²) < 4.78 is 6.66. The van der Waals surface area contributed by atoms with Crippen LogP contribution in [0.15, 0.2) is 101 Å². The lowest BCUT2D eigenvalue weighted by Crippen LogP contribution is -2.31. The van der Waals surface area contributed by atoms with Crippen molar-refractivity contribution in [3.63, 3.8) is 0 Å². The number of methoxy groups -OCH3 is 1. The molecule has 0 radical (unpaired) electrons. The van der Waals surface area contributed by atoms with E-state index in [1.807, 2.05) is 60.7 Å². The fourth-order valence-electron chi connectivity index (χ4n) is 5.08. The smallest absolute Gasteiger partial charge is 0.278 e. The summed E-state index contributed by atoms with van der Waals surface area (Å²) in [5.74, 6) is 0.647. The van der Waals surface area contributed by atoms with Gasteiger partial charge < -0.3 is 14.6 Å². The molecule has 0 fully saturated rings. The molecular formula is C33H29N7O4. The van der Waals surface area contributed by atoms with E-state index in [9.17, 15) is 14.4 Å². The van der Waals surface area contributed by atoms with Crippen molar-refractivity contribution in [2.75, 3.05) is 7.11 Å². The molecule has 0 bridgehead atoms. The SMILES string of the molecule is COc1ccc(Cn2nnc3c(=O)[nH]c4cc(CCC(=O)N(Cc5ccccn5)Cc5ccccn5)ccc4c(=O)c32)cc1. The Morgan fingerprint density at radius 3 is 2.20 bits per heavy atom. The van der Waals surface area contributed by atoms with E-state index in [1.54, 1.807) is 42.6 Å². The molecule has 0 unspecified atom stereocenters. The van der Waals surface area contributed by atoms with Gasteiger partial charge in [-0.1, -0.05) is 35.5 Å². The van der Waals surface area contributed by atoms with Gasteiger partial charge in [0.1, 0.15) is 11.3 Å². The van der Waals surface area contributed by atoms with Crippen molar-refractivity contribution in [2.24, 2.45) is 0 Å². The first-order chi connectivity index (χ1) is 21.5. The number of amides is 1. The van der Waals surface area contributed by atoms with Crippen molar-refractivity contribution < 1.29 is 9.53 Å². The normalized spacial score (nSPS) is 11.1. The Bertz CT molecular complexity index is 2000. The molecule has 0 aliphatic heterocycles. The Kier molecular flexibility index (Phi) is 8.17. The van der Waals surface area contributed by atoms with E-state index in [2.05, 4.69) is 25.3 Å².